The summed E-state index contributed by atoms with van der Waals surface area (Å²) in [6.45, 7) is 1.99. The van der Waals surface area contributed by atoms with Crippen LogP contribution in [0.2, 0.25) is 0 Å². The molecule has 9 heteroatoms. The van der Waals surface area contributed by atoms with E-state index >= 15 is 0 Å². The van der Waals surface area contributed by atoms with E-state index in [0.717, 1.165) is 35.8 Å². The molecular weight excluding hydrogens is 412 g/mol. The fraction of sp³-hybridized carbons (Fsp3) is 0.556. The molecule has 2 aliphatic rings. The maximum absolute atomic E-state index is 12.8. The fourth-order valence-electron chi connectivity index (χ4n) is 3.49. The summed E-state index contributed by atoms with van der Waals surface area (Å²) in [7, 11) is 1.79. The van der Waals surface area contributed by atoms with Crippen molar-refractivity contribution in [2.75, 3.05) is 19.6 Å². The van der Waals surface area contributed by atoms with Crippen molar-refractivity contribution in [2.24, 2.45) is 13.0 Å². The number of nitrogens with one attached hydrogen (secondary N) is 2. The molecule has 27 heavy (non-hydrogen) atoms. The van der Waals surface area contributed by atoms with E-state index in [-0.39, 0.29) is 11.8 Å². The molecule has 8 nitrogen and oxygen atoms in total. The van der Waals surface area contributed by atoms with E-state index in [2.05, 4.69) is 36.5 Å². The smallest absolute Gasteiger partial charge is 0.275 e. The number of carbonyl (C=O) groups excluding carboxylic acids is 2. The molecule has 2 N–H and O–H groups in total. The van der Waals surface area contributed by atoms with Gasteiger partial charge in [0.15, 0.2) is 5.69 Å². The first-order valence-electron chi connectivity index (χ1n) is 9.32. The molecule has 0 unspecified atom stereocenters. The molecule has 0 radical (unpaired) electrons. The highest BCUT2D eigenvalue weighted by molar-refractivity contribution is 9.10. The maximum atomic E-state index is 12.8. The van der Waals surface area contributed by atoms with Gasteiger partial charge in [0.1, 0.15) is 0 Å². The van der Waals surface area contributed by atoms with Gasteiger partial charge in [0, 0.05) is 38.8 Å². The Morgan fingerprint density at radius 3 is 2.67 bits per heavy atom. The molecule has 2 aromatic rings. The Balaban J connectivity index is 1.27. The van der Waals surface area contributed by atoms with Crippen molar-refractivity contribution < 1.29 is 9.59 Å². The molecule has 144 valence electrons. The molecule has 0 aromatic carbocycles. The Kier molecular flexibility index (Phi) is 5.03. The number of hydrogen-bond donors (Lipinski definition) is 2. The number of piperidine rings is 1. The number of hydrogen-bond acceptors (Lipinski definition) is 4. The van der Waals surface area contributed by atoms with Crippen molar-refractivity contribution >= 4 is 27.7 Å². The normalized spacial score (nSPS) is 17.9. The van der Waals surface area contributed by atoms with E-state index < -0.39 is 0 Å². The topological polar surface area (TPSA) is 95.9 Å². The third kappa shape index (κ3) is 3.92. The second-order valence-corrected chi connectivity index (χ2v) is 8.22. The molecule has 2 fully saturated rings. The Hall–Kier alpha value is -2.16. The van der Waals surface area contributed by atoms with Crippen LogP contribution in [0.25, 0.3) is 0 Å². The van der Waals surface area contributed by atoms with Gasteiger partial charge in [-0.25, -0.2) is 0 Å². The highest BCUT2D eigenvalue weighted by Gasteiger charge is 2.32. The molecule has 0 bridgehead atoms. The molecule has 3 heterocycles. The standard InChI is InChI=1S/C18H23BrN6O2/c1-24-10-13(9-21-24)17(26)20-8-11-4-6-25(7-5-11)18(27)16-14(19)15(22-23-16)12-2-3-12/h9-12H,2-8H2,1H3,(H,20,26)(H,22,23). The molecule has 1 saturated heterocycles. The molecule has 2 amide bonds. The van der Waals surface area contributed by atoms with Crippen LogP contribution in [0, 0.1) is 5.92 Å². The average Bonchev–Trinajstić information content (AvgIpc) is 3.31. The van der Waals surface area contributed by atoms with Gasteiger partial charge in [0.25, 0.3) is 11.8 Å². The van der Waals surface area contributed by atoms with Gasteiger partial charge < -0.3 is 10.2 Å². The fourth-order valence-corrected chi connectivity index (χ4v) is 4.16. The van der Waals surface area contributed by atoms with Crippen LogP contribution in [0.15, 0.2) is 16.9 Å². The van der Waals surface area contributed by atoms with Gasteiger partial charge in [0.05, 0.1) is 21.9 Å². The van der Waals surface area contributed by atoms with Crippen molar-refractivity contribution in [3.05, 3.63) is 33.8 Å². The molecule has 1 aliphatic heterocycles. The molecule has 0 atom stereocenters. The lowest BCUT2D eigenvalue weighted by atomic mass is 9.96. The van der Waals surface area contributed by atoms with Crippen LogP contribution < -0.4 is 5.32 Å². The lowest BCUT2D eigenvalue weighted by Crippen LogP contribution is -2.41. The van der Waals surface area contributed by atoms with Crippen LogP contribution in [0.1, 0.15) is 58.1 Å². The molecule has 0 spiro atoms. The second kappa shape index (κ2) is 7.46. The third-order valence-corrected chi connectivity index (χ3v) is 6.14. The molecule has 2 aromatic heterocycles. The summed E-state index contributed by atoms with van der Waals surface area (Å²) in [4.78, 5) is 26.7. The monoisotopic (exact) mass is 434 g/mol. The largest absolute Gasteiger partial charge is 0.352 e. The van der Waals surface area contributed by atoms with Crippen molar-refractivity contribution in [2.45, 2.75) is 31.6 Å². The van der Waals surface area contributed by atoms with Gasteiger partial charge in [-0.1, -0.05) is 0 Å². The Morgan fingerprint density at radius 2 is 2.04 bits per heavy atom. The first-order chi connectivity index (χ1) is 13.0. The van der Waals surface area contributed by atoms with Crippen LogP contribution in [0.4, 0.5) is 0 Å². The van der Waals surface area contributed by atoms with Gasteiger partial charge in [-0.3, -0.25) is 19.4 Å². The zero-order chi connectivity index (χ0) is 19.0. The average molecular weight is 435 g/mol. The van der Waals surface area contributed by atoms with E-state index in [9.17, 15) is 9.59 Å². The number of aromatic amines is 1. The van der Waals surface area contributed by atoms with Crippen molar-refractivity contribution in [1.82, 2.24) is 30.2 Å². The minimum Gasteiger partial charge on any atom is -0.352 e. The predicted octanol–water partition coefficient (Wildman–Crippen LogP) is 2.07. The van der Waals surface area contributed by atoms with Gasteiger partial charge in [-0.2, -0.15) is 10.2 Å². The van der Waals surface area contributed by atoms with Crippen LogP contribution >= 0.6 is 15.9 Å². The van der Waals surface area contributed by atoms with Crippen molar-refractivity contribution in [1.29, 1.82) is 0 Å². The minimum absolute atomic E-state index is 0.0251. The lowest BCUT2D eigenvalue weighted by molar-refractivity contribution is 0.0677. The molecule has 1 aliphatic carbocycles. The molecule has 4 rings (SSSR count). The molecule has 1 saturated carbocycles. The van der Waals surface area contributed by atoms with Gasteiger partial charge >= 0.3 is 0 Å². The Morgan fingerprint density at radius 1 is 1.30 bits per heavy atom. The van der Waals surface area contributed by atoms with Crippen LogP contribution in [0.5, 0.6) is 0 Å². The first kappa shape index (κ1) is 18.2. The Labute approximate surface area is 165 Å². The van der Waals surface area contributed by atoms with Crippen LogP contribution in [0.3, 0.4) is 0 Å². The quantitative estimate of drug-likeness (QED) is 0.752. The number of H-pyrrole nitrogens is 1. The lowest BCUT2D eigenvalue weighted by Gasteiger charge is -2.31. The maximum Gasteiger partial charge on any atom is 0.275 e. The summed E-state index contributed by atoms with van der Waals surface area (Å²) in [5, 5.41) is 14.2. The summed E-state index contributed by atoms with van der Waals surface area (Å²) >= 11 is 3.54. The first-order valence-corrected chi connectivity index (χ1v) is 10.1. The predicted molar refractivity (Wildman–Crippen MR) is 102 cm³/mol. The van der Waals surface area contributed by atoms with E-state index in [1.807, 2.05) is 4.90 Å². The number of carbonyl (C=O) groups is 2. The number of halogens is 1. The summed E-state index contributed by atoms with van der Waals surface area (Å²) in [5.74, 6) is 0.763. The highest BCUT2D eigenvalue weighted by atomic mass is 79.9. The highest BCUT2D eigenvalue weighted by Crippen LogP contribution is 2.43. The van der Waals surface area contributed by atoms with E-state index in [1.54, 1.807) is 24.1 Å². The second-order valence-electron chi connectivity index (χ2n) is 7.42. The summed E-state index contributed by atoms with van der Waals surface area (Å²) in [6.07, 6.45) is 7.32. The number of rotatable bonds is 5. The number of aryl methyl sites for hydroxylation is 1. The number of likely N-dealkylation sites (tertiary alicyclic amines) is 1. The number of aromatic nitrogens is 4. The SMILES string of the molecule is Cn1cc(C(=O)NCC2CCN(C(=O)c3n[nH]c(C4CC4)c3Br)CC2)cn1. The summed E-state index contributed by atoms with van der Waals surface area (Å²) in [5.41, 5.74) is 2.10. The third-order valence-electron chi connectivity index (χ3n) is 5.34. The van der Waals surface area contributed by atoms with Gasteiger partial charge in [0.2, 0.25) is 0 Å². The molecular formula is C18H23BrN6O2. The van der Waals surface area contributed by atoms with Crippen LogP contribution in [-0.4, -0.2) is 56.3 Å². The zero-order valence-electron chi connectivity index (χ0n) is 15.2. The van der Waals surface area contributed by atoms with Gasteiger partial charge in [-0.05, 0) is 47.5 Å². The van der Waals surface area contributed by atoms with Crippen LogP contribution in [-0.2, 0) is 7.05 Å². The number of amides is 2. The van der Waals surface area contributed by atoms with Gasteiger partial charge in [-0.15, -0.1) is 0 Å². The summed E-state index contributed by atoms with van der Waals surface area (Å²) < 4.78 is 2.43. The number of nitrogens with zero attached hydrogens (tertiary/aromatic N) is 4. The van der Waals surface area contributed by atoms with E-state index in [0.29, 0.717) is 42.7 Å². The van der Waals surface area contributed by atoms with Crippen molar-refractivity contribution in [3.8, 4) is 0 Å². The van der Waals surface area contributed by atoms with E-state index in [1.165, 1.54) is 0 Å². The zero-order valence-corrected chi connectivity index (χ0v) is 16.8. The summed E-state index contributed by atoms with van der Waals surface area (Å²) in [6, 6.07) is 0. The minimum atomic E-state index is -0.102. The van der Waals surface area contributed by atoms with Crippen molar-refractivity contribution in [3.63, 3.8) is 0 Å². The Bertz CT molecular complexity index is 848. The van der Waals surface area contributed by atoms with E-state index in [4.69, 9.17) is 0 Å².